The quantitative estimate of drug-likeness (QED) is 0.0634. The zero-order valence-electron chi connectivity index (χ0n) is 53.9. The van der Waals surface area contributed by atoms with E-state index in [1.165, 1.54) is 39.5 Å². The number of fused-ring (bicyclic) bond motifs is 3. The lowest BCUT2D eigenvalue weighted by Crippen LogP contribution is -2.41. The van der Waals surface area contributed by atoms with Crippen molar-refractivity contribution in [1.82, 2.24) is 58.7 Å². The van der Waals surface area contributed by atoms with Gasteiger partial charge in [-0.05, 0) is 163 Å². The van der Waals surface area contributed by atoms with E-state index >= 15 is 0 Å². The molecule has 7 aromatic rings. The highest BCUT2D eigenvalue weighted by Crippen LogP contribution is 2.33. The number of piperidine rings is 3. The summed E-state index contributed by atoms with van der Waals surface area (Å²) in [5.41, 5.74) is 5.59. The summed E-state index contributed by atoms with van der Waals surface area (Å²) in [7, 11) is 2.63. The third kappa shape index (κ3) is 17.8. The number of aryl methyl sites for hydroxylation is 4. The Morgan fingerprint density at radius 3 is 1.38 bits per heavy atom. The molecule has 3 fully saturated rings. The Kier molecular flexibility index (Phi) is 23.4. The molecule has 0 aliphatic carbocycles. The number of halogens is 1. The second-order valence-corrected chi connectivity index (χ2v) is 25.2. The summed E-state index contributed by atoms with van der Waals surface area (Å²) in [4.78, 5) is 91.3. The van der Waals surface area contributed by atoms with Crippen molar-refractivity contribution < 1.29 is 52.4 Å². The molecule has 3 amide bonds. The number of imidazole rings is 3. The number of amides is 3. The number of hydrogen-bond donors (Lipinski definition) is 2. The molecule has 9 heterocycles. The molecule has 10 rings (SSSR count). The average molecular weight is 1260 g/mol. The Bertz CT molecular complexity index is 3570. The number of esters is 2. The molecule has 0 atom stereocenters. The topological polar surface area (TPSA) is 263 Å². The van der Waals surface area contributed by atoms with Crippen LogP contribution in [0, 0.1) is 24.7 Å². The van der Waals surface area contributed by atoms with Gasteiger partial charge in [0.2, 0.25) is 0 Å². The fraction of sp³-hybridized carbons (Fsp3) is 0.554. The maximum absolute atomic E-state index is 12.9. The third-order valence-electron chi connectivity index (χ3n) is 16.0. The zero-order valence-corrected chi connectivity index (χ0v) is 54.7. The number of aromatic nitrogens is 9. The number of hydrogen-bond acceptors (Lipinski definition) is 18. The van der Waals surface area contributed by atoms with Crippen LogP contribution in [-0.4, -0.2) is 161 Å². The minimum Gasteiger partial charge on any atom is -0.491 e. The number of pyridine rings is 3. The minimum absolute atomic E-state index is 0.210. The van der Waals surface area contributed by atoms with Gasteiger partial charge in [-0.25, -0.2) is 49.1 Å². The van der Waals surface area contributed by atoms with Crippen LogP contribution in [0.1, 0.15) is 150 Å². The SMILES string of the molecule is CCOc1c(C(=O)Nc2ccc(C)cc2)cnc2c1ncn2CCC1CCNCC1.CCOc1c(C(=O)OC)cnc2c1ncn2CCC1CCN(C(=O)OC(C)(C)C)CC1.COC(=O)c1cnc2c(ncn2CCC2CCN(C(=O)OC(C)(C)C)CC2)c1Cl. The van der Waals surface area contributed by atoms with E-state index in [1.807, 2.05) is 102 Å². The molecule has 1 aromatic carbocycles. The van der Waals surface area contributed by atoms with Gasteiger partial charge in [0.15, 0.2) is 39.5 Å². The lowest BCUT2D eigenvalue weighted by Gasteiger charge is -2.33. The van der Waals surface area contributed by atoms with Crippen molar-refractivity contribution in [3.05, 3.63) is 89.1 Å². The number of nitrogens with one attached hydrogen (secondary N) is 2. The molecular formula is C65H88ClN13O11. The van der Waals surface area contributed by atoms with Crippen molar-refractivity contribution in [3.8, 4) is 11.5 Å². The predicted molar refractivity (Wildman–Crippen MR) is 342 cm³/mol. The fourth-order valence-corrected chi connectivity index (χ4v) is 11.4. The second kappa shape index (κ2) is 31.1. The normalized spacial score (nSPS) is 15.2. The van der Waals surface area contributed by atoms with Gasteiger partial charge in [-0.3, -0.25) is 4.79 Å². The van der Waals surface area contributed by atoms with Crippen LogP contribution in [0.15, 0.2) is 61.8 Å². The summed E-state index contributed by atoms with van der Waals surface area (Å²) in [6, 6.07) is 7.69. The van der Waals surface area contributed by atoms with Crippen molar-refractivity contribution >= 4 is 80.8 Å². The maximum Gasteiger partial charge on any atom is 0.410 e. The molecule has 486 valence electrons. The summed E-state index contributed by atoms with van der Waals surface area (Å²) in [6.45, 7) is 25.3. The van der Waals surface area contributed by atoms with Gasteiger partial charge in [0.1, 0.15) is 27.8 Å². The summed E-state index contributed by atoms with van der Waals surface area (Å²) in [5, 5.41) is 6.59. The van der Waals surface area contributed by atoms with Crippen LogP contribution in [0.3, 0.4) is 0 Å². The molecular weight excluding hydrogens is 1170 g/mol. The van der Waals surface area contributed by atoms with E-state index in [9.17, 15) is 24.0 Å². The Morgan fingerprint density at radius 1 is 0.556 bits per heavy atom. The van der Waals surface area contributed by atoms with Gasteiger partial charge in [0.05, 0.1) is 57.0 Å². The third-order valence-corrected chi connectivity index (χ3v) is 16.4. The maximum atomic E-state index is 12.9. The van der Waals surface area contributed by atoms with Crippen LogP contribution in [-0.2, 0) is 38.6 Å². The number of ether oxygens (including phenoxy) is 6. The molecule has 3 aliphatic rings. The minimum atomic E-state index is -0.532. The molecule has 3 saturated heterocycles. The van der Waals surface area contributed by atoms with E-state index in [2.05, 4.69) is 45.1 Å². The molecule has 2 N–H and O–H groups in total. The summed E-state index contributed by atoms with van der Waals surface area (Å²) in [5.74, 6) is 1.37. The van der Waals surface area contributed by atoms with Gasteiger partial charge < -0.3 is 62.6 Å². The molecule has 0 radical (unpaired) electrons. The second-order valence-electron chi connectivity index (χ2n) is 24.9. The summed E-state index contributed by atoms with van der Waals surface area (Å²) in [6.07, 6.45) is 18.5. The smallest absolute Gasteiger partial charge is 0.410 e. The van der Waals surface area contributed by atoms with Crippen LogP contribution in [0.25, 0.3) is 33.5 Å². The summed E-state index contributed by atoms with van der Waals surface area (Å²) < 4.78 is 38.0. The average Bonchev–Trinajstić information content (AvgIpc) is 1.87. The summed E-state index contributed by atoms with van der Waals surface area (Å²) >= 11 is 6.30. The molecule has 0 spiro atoms. The van der Waals surface area contributed by atoms with Crippen molar-refractivity contribution in [3.63, 3.8) is 0 Å². The Labute approximate surface area is 531 Å². The van der Waals surface area contributed by atoms with E-state index in [-0.39, 0.29) is 34.2 Å². The molecule has 0 saturated carbocycles. The Hall–Kier alpha value is -8.12. The fourth-order valence-electron chi connectivity index (χ4n) is 11.1. The molecule has 3 aliphatic heterocycles. The number of carbonyl (C=O) groups excluding carboxylic acids is 5. The monoisotopic (exact) mass is 1260 g/mol. The number of benzene rings is 1. The van der Waals surface area contributed by atoms with Gasteiger partial charge in [-0.1, -0.05) is 29.3 Å². The van der Waals surface area contributed by atoms with Gasteiger partial charge in [0.25, 0.3) is 5.91 Å². The van der Waals surface area contributed by atoms with Crippen molar-refractivity contribution in [2.75, 3.05) is 72.0 Å². The van der Waals surface area contributed by atoms with E-state index < -0.39 is 23.1 Å². The van der Waals surface area contributed by atoms with Crippen LogP contribution in [0.2, 0.25) is 5.02 Å². The van der Waals surface area contributed by atoms with Gasteiger partial charge in [-0.15, -0.1) is 0 Å². The van der Waals surface area contributed by atoms with Gasteiger partial charge in [-0.2, -0.15) is 0 Å². The molecule has 0 unspecified atom stereocenters. The van der Waals surface area contributed by atoms with Crippen LogP contribution >= 0.6 is 11.6 Å². The number of likely N-dealkylation sites (tertiary alicyclic amines) is 2. The first-order valence-corrected chi connectivity index (χ1v) is 31.6. The van der Waals surface area contributed by atoms with Crippen molar-refractivity contribution in [2.24, 2.45) is 17.8 Å². The lowest BCUT2D eigenvalue weighted by molar-refractivity contribution is 0.0169. The Morgan fingerprint density at radius 2 is 0.944 bits per heavy atom. The van der Waals surface area contributed by atoms with E-state index in [0.717, 1.165) is 100 Å². The molecule has 6 aromatic heterocycles. The van der Waals surface area contributed by atoms with Crippen molar-refractivity contribution in [1.29, 1.82) is 0 Å². The van der Waals surface area contributed by atoms with E-state index in [4.69, 9.17) is 40.0 Å². The number of methoxy groups -OCH3 is 2. The van der Waals surface area contributed by atoms with Crippen LogP contribution < -0.4 is 20.1 Å². The molecule has 90 heavy (non-hydrogen) atoms. The first kappa shape index (κ1) is 67.8. The highest BCUT2D eigenvalue weighted by molar-refractivity contribution is 6.37. The highest BCUT2D eigenvalue weighted by atomic mass is 35.5. The number of rotatable bonds is 17. The highest BCUT2D eigenvalue weighted by Gasteiger charge is 2.30. The van der Waals surface area contributed by atoms with Gasteiger partial charge in [0, 0.05) is 70.1 Å². The predicted octanol–water partition coefficient (Wildman–Crippen LogP) is 11.3. The van der Waals surface area contributed by atoms with Crippen LogP contribution in [0.4, 0.5) is 15.3 Å². The number of carbonyl (C=O) groups is 5. The molecule has 24 nitrogen and oxygen atoms in total. The standard InChI is InChI=1S/C23H29N5O2.C22H32N4O5.C20H27ClN4O4/c1-3-30-21-19(23(29)27-18-6-4-16(2)5-7-18)14-25-22-20(21)26-15-28(22)13-10-17-8-11-24-12-9-17;1-6-30-18-16(20(27)29-5)13-23-19-17(18)24-14-26(19)12-9-15-7-10-25(11-8-15)21(28)31-22(2,3)4;1-20(2,3)29-19(27)24-8-5-13(6-9-24)7-10-25-12-23-16-15(21)14(18(26)28-4)11-22-17(16)25/h4-7,14-15,17,24H,3,8-13H2,1-2H3,(H,27,29);13-15H,6-12H2,1-5H3;11-13H,5-10H2,1-4H3. The van der Waals surface area contributed by atoms with Gasteiger partial charge >= 0.3 is 24.1 Å². The Balaban J connectivity index is 0.000000174. The number of anilines is 1. The largest absolute Gasteiger partial charge is 0.491 e. The van der Waals surface area contributed by atoms with E-state index in [0.29, 0.717) is 96.1 Å². The molecule has 25 heteroatoms. The first-order chi connectivity index (χ1) is 43.1. The van der Waals surface area contributed by atoms with Crippen molar-refractivity contribution in [2.45, 2.75) is 151 Å². The van der Waals surface area contributed by atoms with E-state index in [1.54, 1.807) is 28.7 Å². The first-order valence-electron chi connectivity index (χ1n) is 31.2. The lowest BCUT2D eigenvalue weighted by atomic mass is 9.94. The molecule has 0 bridgehead atoms. The zero-order chi connectivity index (χ0) is 64.7. The number of nitrogens with zero attached hydrogens (tertiary/aromatic N) is 11. The van der Waals surface area contributed by atoms with Crippen LogP contribution in [0.5, 0.6) is 11.5 Å².